The molecule has 0 saturated carbocycles. The summed E-state index contributed by atoms with van der Waals surface area (Å²) in [6, 6.07) is 15.5. The van der Waals surface area contributed by atoms with Gasteiger partial charge in [-0.15, -0.1) is 11.3 Å². The quantitative estimate of drug-likeness (QED) is 0.0141. The van der Waals surface area contributed by atoms with Gasteiger partial charge in [0.1, 0.15) is 34.7 Å². The summed E-state index contributed by atoms with van der Waals surface area (Å²) in [7, 11) is 5.27. The highest BCUT2D eigenvalue weighted by molar-refractivity contribution is 7.19. The predicted octanol–water partition coefficient (Wildman–Crippen LogP) is 6.09. The second kappa shape index (κ2) is 22.2. The number of hydrogen-bond donors (Lipinski definition) is 4. The highest BCUT2D eigenvalue weighted by Gasteiger charge is 2.34. The molecule has 328 valence electrons. The maximum atomic E-state index is 13.7. The minimum atomic E-state index is -4.83. The van der Waals surface area contributed by atoms with Crippen LogP contribution in [0.1, 0.15) is 56.2 Å². The van der Waals surface area contributed by atoms with Crippen molar-refractivity contribution in [3.05, 3.63) is 117 Å². The van der Waals surface area contributed by atoms with Crippen LogP contribution in [0, 0.1) is 5.82 Å². The molecule has 5 rings (SSSR count). The topological polar surface area (TPSA) is 175 Å². The van der Waals surface area contributed by atoms with E-state index in [1.165, 1.54) is 22.4 Å². The van der Waals surface area contributed by atoms with Gasteiger partial charge in [0.05, 0.1) is 62.3 Å². The Kier molecular flexibility index (Phi) is 16.9. The molecule has 14 nitrogen and oxygen atoms in total. The van der Waals surface area contributed by atoms with E-state index in [0.29, 0.717) is 91.9 Å². The Morgan fingerprint density at radius 2 is 1.89 bits per heavy atom. The molecular weight excluding hydrogens is 821 g/mol. The molecule has 0 fully saturated rings. The van der Waals surface area contributed by atoms with E-state index in [-0.39, 0.29) is 25.4 Å². The zero-order chi connectivity index (χ0) is 43.9. The highest BCUT2D eigenvalue weighted by Crippen LogP contribution is 2.33. The Morgan fingerprint density at radius 3 is 2.64 bits per heavy atom. The molecule has 3 aromatic carbocycles. The van der Waals surface area contributed by atoms with Gasteiger partial charge in [-0.1, -0.05) is 18.2 Å². The minimum Gasteiger partial charge on any atom is -0.497 e. The fourth-order valence-corrected chi connectivity index (χ4v) is 7.18. The molecule has 19 heteroatoms. The predicted molar refractivity (Wildman–Crippen MR) is 225 cm³/mol. The summed E-state index contributed by atoms with van der Waals surface area (Å²) in [5, 5.41) is 20.8. The number of benzene rings is 3. The molecule has 0 spiro atoms. The normalized spacial score (nSPS) is 12.0. The van der Waals surface area contributed by atoms with E-state index < -0.39 is 17.6 Å². The molecule has 0 saturated heterocycles. The number of carbonyl (C=O) groups is 1. The molecule has 0 amide bonds. The number of fused-ring (bicyclic) bond motifs is 1. The Balaban J connectivity index is 1.06. The van der Waals surface area contributed by atoms with Crippen molar-refractivity contribution in [2.75, 3.05) is 47.1 Å². The molecule has 5 aromatic rings. The van der Waals surface area contributed by atoms with Crippen molar-refractivity contribution in [2.45, 2.75) is 45.3 Å². The van der Waals surface area contributed by atoms with Crippen LogP contribution in [-0.4, -0.2) is 84.2 Å². The van der Waals surface area contributed by atoms with Crippen molar-refractivity contribution >= 4 is 34.2 Å². The van der Waals surface area contributed by atoms with Gasteiger partial charge in [-0.2, -0.15) is 18.3 Å². The molecule has 2 heterocycles. The number of alkyl halides is 3. The Hall–Kier alpha value is -5.73. The van der Waals surface area contributed by atoms with E-state index in [2.05, 4.69) is 10.4 Å². The maximum absolute atomic E-state index is 13.7. The molecule has 0 aliphatic heterocycles. The Bertz CT molecular complexity index is 2280. The number of hydrazone groups is 1. The molecule has 6 N–H and O–H groups in total. The fraction of sp³-hybridized carbons (Fsp3) is 0.357. The van der Waals surface area contributed by atoms with Crippen molar-refractivity contribution < 1.29 is 46.4 Å². The van der Waals surface area contributed by atoms with E-state index in [9.17, 15) is 27.5 Å². The van der Waals surface area contributed by atoms with Gasteiger partial charge in [-0.05, 0) is 53.6 Å². The summed E-state index contributed by atoms with van der Waals surface area (Å²) in [4.78, 5) is 16.7. The molecule has 0 aliphatic rings. The number of halogens is 4. The third kappa shape index (κ3) is 13.4. The van der Waals surface area contributed by atoms with Crippen LogP contribution in [0.4, 0.5) is 17.6 Å². The number of carbonyl (C=O) groups excluding carboxylic acids is 1. The van der Waals surface area contributed by atoms with Gasteiger partial charge >= 0.3 is 6.18 Å². The van der Waals surface area contributed by atoms with Gasteiger partial charge in [0.2, 0.25) is 0 Å². The summed E-state index contributed by atoms with van der Waals surface area (Å²) >= 11 is 1.43. The third-order valence-corrected chi connectivity index (χ3v) is 10.2. The number of hydrazine groups is 1. The second-order valence-electron chi connectivity index (χ2n) is 13.9. The lowest BCUT2D eigenvalue weighted by Gasteiger charge is -2.17. The summed E-state index contributed by atoms with van der Waals surface area (Å²) < 4.78 is 78.8. The van der Waals surface area contributed by atoms with E-state index in [1.54, 1.807) is 54.3 Å². The molecule has 0 aliphatic carbocycles. The maximum Gasteiger partial charge on any atom is 0.419 e. The summed E-state index contributed by atoms with van der Waals surface area (Å²) in [6.07, 6.45) is 0.259. The first kappa shape index (κ1) is 46.3. The van der Waals surface area contributed by atoms with Crippen LogP contribution in [0.25, 0.3) is 10.3 Å². The average Bonchev–Trinajstić information content (AvgIpc) is 3.76. The van der Waals surface area contributed by atoms with Crippen LogP contribution in [0.3, 0.4) is 0 Å². The SMILES string of the molecule is COc1cccc(CN(C)/N=C\c2c(C=O)n(C)c3nc(COCC/C(N)=C/N(N)CCCOc4ccc(OCc5ccc(F)c(C(F)(F)F)c5)c(CNCCO)c4)sc23)c1. The smallest absolute Gasteiger partial charge is 0.419 e. The van der Waals surface area contributed by atoms with Crippen molar-refractivity contribution in [1.29, 1.82) is 0 Å². The zero-order valence-corrected chi connectivity index (χ0v) is 34.9. The number of nitrogens with zero attached hydrogens (tertiary/aromatic N) is 5. The fourth-order valence-electron chi connectivity index (χ4n) is 6.13. The van der Waals surface area contributed by atoms with Crippen LogP contribution in [-0.2, 0) is 44.3 Å². The molecule has 2 aromatic heterocycles. The van der Waals surface area contributed by atoms with Crippen molar-refractivity contribution in [3.8, 4) is 17.2 Å². The number of aryl methyl sites for hydroxylation is 1. The van der Waals surface area contributed by atoms with Gasteiger partial charge in [0.15, 0.2) is 11.9 Å². The number of rotatable bonds is 24. The lowest BCUT2D eigenvalue weighted by atomic mass is 10.1. The lowest BCUT2D eigenvalue weighted by molar-refractivity contribution is -0.140. The van der Waals surface area contributed by atoms with Crippen LogP contribution < -0.4 is 31.1 Å². The number of aromatic nitrogens is 2. The van der Waals surface area contributed by atoms with E-state index in [0.717, 1.165) is 39.4 Å². The van der Waals surface area contributed by atoms with Crippen LogP contribution in [0.2, 0.25) is 0 Å². The number of methoxy groups -OCH3 is 1. The Labute approximate surface area is 354 Å². The first-order valence-electron chi connectivity index (χ1n) is 19.2. The van der Waals surface area contributed by atoms with Gasteiger partial charge in [0.25, 0.3) is 0 Å². The van der Waals surface area contributed by atoms with Crippen LogP contribution in [0.15, 0.2) is 77.7 Å². The number of thiazole rings is 1. The standard InChI is InChI=1S/C42H50F4N8O6S/c1-52(23-28-6-4-7-32(18-28)57-3)50-22-34-37(25-56)53(2)41-40(34)61-39(51-41)27-58-17-12-31(47)24-54(48)14-5-16-59-33-9-11-38(30(20-33)21-49-13-15-55)60-26-29-8-10-36(43)35(19-29)42(44,45)46/h4,6-11,18-20,22,24-25,49,55H,5,12-17,21,23,26-27,47-48H2,1-3H3/b31-24-,50-22-. The number of nitrogens with one attached hydrogen (secondary N) is 1. The molecule has 0 radical (unpaired) electrons. The average molecular weight is 871 g/mol. The molecule has 0 unspecified atom stereocenters. The van der Waals surface area contributed by atoms with Gasteiger partial charge in [-0.3, -0.25) is 9.80 Å². The second-order valence-corrected chi connectivity index (χ2v) is 14.9. The summed E-state index contributed by atoms with van der Waals surface area (Å²) in [5.74, 6) is 6.49. The monoisotopic (exact) mass is 870 g/mol. The van der Waals surface area contributed by atoms with Gasteiger partial charge < -0.3 is 44.7 Å². The lowest BCUT2D eigenvalue weighted by Crippen LogP contribution is -2.28. The number of hydrogen-bond acceptors (Lipinski definition) is 14. The van der Waals surface area contributed by atoms with Crippen molar-refractivity contribution in [2.24, 2.45) is 23.7 Å². The van der Waals surface area contributed by atoms with E-state index in [4.69, 9.17) is 35.5 Å². The summed E-state index contributed by atoms with van der Waals surface area (Å²) in [6.45, 7) is 2.15. The van der Waals surface area contributed by atoms with Crippen molar-refractivity contribution in [1.82, 2.24) is 24.9 Å². The zero-order valence-electron chi connectivity index (χ0n) is 34.1. The summed E-state index contributed by atoms with van der Waals surface area (Å²) in [5.41, 5.74) is 9.03. The largest absolute Gasteiger partial charge is 0.497 e. The van der Waals surface area contributed by atoms with E-state index >= 15 is 0 Å². The highest BCUT2D eigenvalue weighted by atomic mass is 32.1. The number of aliphatic hydroxyl groups is 1. The van der Waals surface area contributed by atoms with Crippen LogP contribution in [0.5, 0.6) is 17.2 Å². The molecule has 0 atom stereocenters. The minimum absolute atomic E-state index is 0.0945. The molecular formula is C42H50F4N8O6S. The van der Waals surface area contributed by atoms with Crippen molar-refractivity contribution in [3.63, 3.8) is 0 Å². The first-order chi connectivity index (χ1) is 29.3. The number of aliphatic hydroxyl groups excluding tert-OH is 1. The van der Waals surface area contributed by atoms with Gasteiger partial charge in [0, 0.05) is 69.6 Å². The number of aldehydes is 1. The number of nitrogens with two attached hydrogens (primary N) is 2. The van der Waals surface area contributed by atoms with Crippen LogP contribution >= 0.6 is 11.3 Å². The van der Waals surface area contributed by atoms with Gasteiger partial charge in [-0.25, -0.2) is 15.2 Å². The Morgan fingerprint density at radius 1 is 1.07 bits per heavy atom. The molecule has 61 heavy (non-hydrogen) atoms. The third-order valence-electron chi connectivity index (χ3n) is 9.18. The first-order valence-corrected chi connectivity index (χ1v) is 20.0. The van der Waals surface area contributed by atoms with E-state index in [1.807, 2.05) is 31.3 Å². The molecule has 0 bridgehead atoms. The number of ether oxygens (including phenoxy) is 4.